The highest BCUT2D eigenvalue weighted by molar-refractivity contribution is 5.76. The van der Waals surface area contributed by atoms with Crippen LogP contribution in [0.5, 0.6) is 0 Å². The molecule has 0 bridgehead atoms. The van der Waals surface area contributed by atoms with Crippen molar-refractivity contribution in [3.63, 3.8) is 0 Å². The van der Waals surface area contributed by atoms with E-state index in [1.165, 1.54) is 0 Å². The molecule has 0 atom stereocenters. The lowest BCUT2D eigenvalue weighted by molar-refractivity contribution is -0.130. The van der Waals surface area contributed by atoms with Crippen LogP contribution in [0.4, 0.5) is 0 Å². The van der Waals surface area contributed by atoms with Crippen LogP contribution in [0.1, 0.15) is 19.3 Å². The number of nitrogens with one attached hydrogen (secondary N) is 1. The van der Waals surface area contributed by atoms with E-state index in [-0.39, 0.29) is 5.91 Å². The van der Waals surface area contributed by atoms with Crippen molar-refractivity contribution in [1.82, 2.24) is 10.3 Å². The van der Waals surface area contributed by atoms with Crippen LogP contribution >= 0.6 is 0 Å². The molecule has 4 nitrogen and oxygen atoms in total. The summed E-state index contributed by atoms with van der Waals surface area (Å²) in [6.45, 7) is 2.45. The lowest BCUT2D eigenvalue weighted by Crippen LogP contribution is -2.32. The SMILES string of the molecule is NNCCC(=O)N1CCCC1. The number of amides is 1. The molecule has 0 aromatic rings. The molecular weight excluding hydrogens is 142 g/mol. The summed E-state index contributed by atoms with van der Waals surface area (Å²) in [4.78, 5) is 13.1. The van der Waals surface area contributed by atoms with Gasteiger partial charge >= 0.3 is 0 Å². The first kappa shape index (κ1) is 8.49. The molecule has 11 heavy (non-hydrogen) atoms. The van der Waals surface area contributed by atoms with Crippen LogP contribution in [0, 0.1) is 0 Å². The second-order valence-electron chi connectivity index (χ2n) is 2.79. The normalized spacial score (nSPS) is 17.4. The zero-order chi connectivity index (χ0) is 8.10. The van der Waals surface area contributed by atoms with Gasteiger partial charge in [0, 0.05) is 26.1 Å². The van der Waals surface area contributed by atoms with Gasteiger partial charge in [-0.05, 0) is 12.8 Å². The summed E-state index contributed by atoms with van der Waals surface area (Å²) in [6.07, 6.45) is 2.83. The number of carbonyl (C=O) groups is 1. The first-order chi connectivity index (χ1) is 5.34. The second-order valence-corrected chi connectivity index (χ2v) is 2.79. The third-order valence-electron chi connectivity index (χ3n) is 1.94. The second kappa shape index (κ2) is 4.31. The van der Waals surface area contributed by atoms with Gasteiger partial charge < -0.3 is 4.90 Å². The van der Waals surface area contributed by atoms with Crippen LogP contribution < -0.4 is 11.3 Å². The molecule has 0 spiro atoms. The fourth-order valence-electron chi connectivity index (χ4n) is 1.30. The fourth-order valence-corrected chi connectivity index (χ4v) is 1.30. The van der Waals surface area contributed by atoms with Gasteiger partial charge in [-0.25, -0.2) is 0 Å². The van der Waals surface area contributed by atoms with Gasteiger partial charge in [0.15, 0.2) is 0 Å². The Kier molecular flexibility index (Phi) is 3.32. The van der Waals surface area contributed by atoms with E-state index >= 15 is 0 Å². The topological polar surface area (TPSA) is 58.4 Å². The summed E-state index contributed by atoms with van der Waals surface area (Å²) in [5.41, 5.74) is 2.47. The van der Waals surface area contributed by atoms with Crippen LogP contribution in [-0.4, -0.2) is 30.4 Å². The van der Waals surface area contributed by atoms with Crippen molar-refractivity contribution < 1.29 is 4.79 Å². The number of nitrogens with zero attached hydrogens (tertiary/aromatic N) is 1. The van der Waals surface area contributed by atoms with E-state index in [0.717, 1.165) is 25.9 Å². The lowest BCUT2D eigenvalue weighted by atomic mass is 10.4. The van der Waals surface area contributed by atoms with Crippen LogP contribution in [0.2, 0.25) is 0 Å². The van der Waals surface area contributed by atoms with Crippen molar-refractivity contribution >= 4 is 5.91 Å². The third-order valence-corrected chi connectivity index (χ3v) is 1.94. The van der Waals surface area contributed by atoms with Gasteiger partial charge in [0.1, 0.15) is 0 Å². The molecule has 0 unspecified atom stereocenters. The van der Waals surface area contributed by atoms with Gasteiger partial charge in [0.2, 0.25) is 5.91 Å². The molecule has 1 rings (SSSR count). The van der Waals surface area contributed by atoms with E-state index in [0.29, 0.717) is 13.0 Å². The fraction of sp³-hybridized carbons (Fsp3) is 0.857. The molecule has 64 valence electrons. The molecule has 4 heteroatoms. The Balaban J connectivity index is 2.17. The largest absolute Gasteiger partial charge is 0.343 e. The summed E-state index contributed by atoms with van der Waals surface area (Å²) >= 11 is 0. The van der Waals surface area contributed by atoms with Gasteiger partial charge in [0.25, 0.3) is 0 Å². The number of hydrazine groups is 1. The quantitative estimate of drug-likeness (QED) is 0.427. The average Bonchev–Trinajstić information content (AvgIpc) is 2.52. The third kappa shape index (κ3) is 2.48. The molecule has 1 fully saturated rings. The molecule has 0 saturated carbocycles. The van der Waals surface area contributed by atoms with Crippen LogP contribution in [0.25, 0.3) is 0 Å². The molecular formula is C7H15N3O. The number of rotatable bonds is 3. The van der Waals surface area contributed by atoms with E-state index in [1.54, 1.807) is 0 Å². The van der Waals surface area contributed by atoms with Crippen LogP contribution in [0.15, 0.2) is 0 Å². The zero-order valence-corrected chi connectivity index (χ0v) is 6.68. The van der Waals surface area contributed by atoms with Gasteiger partial charge in [-0.15, -0.1) is 0 Å². The number of carbonyl (C=O) groups excluding carboxylic acids is 1. The molecule has 1 amide bonds. The Morgan fingerprint density at radius 2 is 2.09 bits per heavy atom. The highest BCUT2D eigenvalue weighted by Gasteiger charge is 2.16. The van der Waals surface area contributed by atoms with Crippen LogP contribution in [-0.2, 0) is 4.79 Å². The standard InChI is InChI=1S/C7H15N3O/c8-9-4-3-7(11)10-5-1-2-6-10/h9H,1-6,8H2. The minimum atomic E-state index is 0.223. The van der Waals surface area contributed by atoms with Gasteiger partial charge in [0.05, 0.1) is 0 Å². The van der Waals surface area contributed by atoms with Gasteiger partial charge in [-0.3, -0.25) is 16.1 Å². The summed E-state index contributed by atoms with van der Waals surface area (Å²) in [6, 6.07) is 0. The van der Waals surface area contributed by atoms with E-state index in [4.69, 9.17) is 5.84 Å². The average molecular weight is 157 g/mol. The summed E-state index contributed by atoms with van der Waals surface area (Å²) in [5, 5.41) is 0. The highest BCUT2D eigenvalue weighted by Crippen LogP contribution is 2.07. The molecule has 1 saturated heterocycles. The maximum atomic E-state index is 11.2. The Hall–Kier alpha value is -0.610. The van der Waals surface area contributed by atoms with Crippen molar-refractivity contribution in [1.29, 1.82) is 0 Å². The Labute approximate surface area is 66.7 Å². The van der Waals surface area contributed by atoms with Gasteiger partial charge in [-0.1, -0.05) is 0 Å². The predicted octanol–water partition coefficient (Wildman–Crippen LogP) is -0.538. The Morgan fingerprint density at radius 1 is 1.45 bits per heavy atom. The predicted molar refractivity (Wildman–Crippen MR) is 42.6 cm³/mol. The zero-order valence-electron chi connectivity index (χ0n) is 6.68. The summed E-state index contributed by atoms with van der Waals surface area (Å²) in [5.74, 6) is 5.28. The number of hydrogen-bond acceptors (Lipinski definition) is 3. The smallest absolute Gasteiger partial charge is 0.223 e. The maximum Gasteiger partial charge on any atom is 0.223 e. The first-order valence-corrected chi connectivity index (χ1v) is 4.06. The summed E-state index contributed by atoms with van der Waals surface area (Å²) < 4.78 is 0. The minimum Gasteiger partial charge on any atom is -0.343 e. The van der Waals surface area contributed by atoms with Crippen molar-refractivity contribution in [2.45, 2.75) is 19.3 Å². The van der Waals surface area contributed by atoms with Crippen molar-refractivity contribution in [3.8, 4) is 0 Å². The Morgan fingerprint density at radius 3 is 2.64 bits per heavy atom. The first-order valence-electron chi connectivity index (χ1n) is 4.06. The van der Waals surface area contributed by atoms with Gasteiger partial charge in [-0.2, -0.15) is 0 Å². The van der Waals surface area contributed by atoms with Crippen molar-refractivity contribution in [2.24, 2.45) is 5.84 Å². The minimum absolute atomic E-state index is 0.223. The van der Waals surface area contributed by atoms with E-state index < -0.39 is 0 Å². The molecule has 0 radical (unpaired) electrons. The van der Waals surface area contributed by atoms with E-state index in [1.807, 2.05) is 4.90 Å². The molecule has 0 aromatic carbocycles. The van der Waals surface area contributed by atoms with E-state index in [9.17, 15) is 4.79 Å². The number of likely N-dealkylation sites (tertiary alicyclic amines) is 1. The number of nitrogens with two attached hydrogens (primary N) is 1. The molecule has 0 aromatic heterocycles. The lowest BCUT2D eigenvalue weighted by Gasteiger charge is -2.14. The summed E-state index contributed by atoms with van der Waals surface area (Å²) in [7, 11) is 0. The molecule has 1 aliphatic heterocycles. The number of hydrogen-bond donors (Lipinski definition) is 2. The highest BCUT2D eigenvalue weighted by atomic mass is 16.2. The molecule has 1 heterocycles. The van der Waals surface area contributed by atoms with Crippen molar-refractivity contribution in [2.75, 3.05) is 19.6 Å². The van der Waals surface area contributed by atoms with E-state index in [2.05, 4.69) is 5.43 Å². The molecule has 3 N–H and O–H groups in total. The maximum absolute atomic E-state index is 11.2. The Bertz CT molecular complexity index is 132. The monoisotopic (exact) mass is 157 g/mol. The molecule has 1 aliphatic rings. The van der Waals surface area contributed by atoms with Crippen molar-refractivity contribution in [3.05, 3.63) is 0 Å². The molecule has 0 aliphatic carbocycles. The van der Waals surface area contributed by atoms with Crippen LogP contribution in [0.3, 0.4) is 0 Å².